The summed E-state index contributed by atoms with van der Waals surface area (Å²) in [4.78, 5) is 28.6. The number of aromatic nitrogens is 5. The van der Waals surface area contributed by atoms with Crippen LogP contribution in [0.5, 0.6) is 0 Å². The Morgan fingerprint density at radius 3 is 2.36 bits per heavy atom. The molecule has 0 unspecified atom stereocenters. The van der Waals surface area contributed by atoms with E-state index in [1.165, 1.54) is 11.3 Å². The highest BCUT2D eigenvalue weighted by Crippen LogP contribution is 2.44. The number of nitrogens with zero attached hydrogens (tertiary/aromatic N) is 5. The Morgan fingerprint density at radius 2 is 1.61 bits per heavy atom. The molecule has 0 spiro atoms. The summed E-state index contributed by atoms with van der Waals surface area (Å²) in [5.41, 5.74) is 2.57. The topological polar surface area (TPSA) is 123 Å². The number of nitrogens with one attached hydrogen (secondary N) is 2. The van der Waals surface area contributed by atoms with Crippen LogP contribution in [0.1, 0.15) is 40.7 Å². The molecule has 1 aliphatic rings. The van der Waals surface area contributed by atoms with Gasteiger partial charge >= 0.3 is 0 Å². The van der Waals surface area contributed by atoms with Crippen LogP contribution in [-0.4, -0.2) is 37.2 Å². The van der Waals surface area contributed by atoms with Gasteiger partial charge < -0.3 is 10.6 Å². The Labute approximate surface area is 212 Å². The summed E-state index contributed by atoms with van der Waals surface area (Å²) in [6.45, 7) is 0. The Hall–Kier alpha value is -4.05. The van der Waals surface area contributed by atoms with E-state index in [1.54, 1.807) is 12.3 Å². The molecule has 0 atom stereocenters. The fourth-order valence-corrected chi connectivity index (χ4v) is 5.07. The summed E-state index contributed by atoms with van der Waals surface area (Å²) in [6, 6.07) is 18.8. The lowest BCUT2D eigenvalue weighted by atomic mass is 9.73. The summed E-state index contributed by atoms with van der Waals surface area (Å²) >= 11 is 1.43. The Bertz CT molecular complexity index is 1310. The summed E-state index contributed by atoms with van der Waals surface area (Å²) in [5, 5.41) is 23.9. The first-order chi connectivity index (χ1) is 17.6. The van der Waals surface area contributed by atoms with Crippen LogP contribution in [-0.2, 0) is 28.9 Å². The molecule has 10 heteroatoms. The smallest absolute Gasteiger partial charge is 0.232 e. The molecule has 0 bridgehead atoms. The second kappa shape index (κ2) is 11.1. The molecule has 4 aromatic rings. The molecule has 5 rings (SSSR count). The third-order valence-electron chi connectivity index (χ3n) is 6.03. The lowest BCUT2D eigenvalue weighted by molar-refractivity contribution is -0.116. The lowest BCUT2D eigenvalue weighted by Crippen LogP contribution is -2.24. The van der Waals surface area contributed by atoms with Crippen LogP contribution in [0.25, 0.3) is 0 Å². The molecule has 9 nitrogen and oxygen atoms in total. The van der Waals surface area contributed by atoms with Crippen molar-refractivity contribution in [1.29, 1.82) is 0 Å². The molecule has 0 saturated heterocycles. The minimum absolute atomic E-state index is 0.116. The molecule has 1 aliphatic carbocycles. The SMILES string of the molecule is O=C(Cc1ccccc1)Nc1ccc(C[C@H]2C[C@@H](c3nnc(NC(=O)Cc4ccccn4)s3)C2)nn1. The summed E-state index contributed by atoms with van der Waals surface area (Å²) in [7, 11) is 0. The number of carbonyl (C=O) groups is 2. The molecule has 0 aliphatic heterocycles. The molecule has 2 amide bonds. The largest absolute Gasteiger partial charge is 0.309 e. The molecule has 2 N–H and O–H groups in total. The highest BCUT2D eigenvalue weighted by molar-refractivity contribution is 7.15. The average molecular weight is 500 g/mol. The van der Waals surface area contributed by atoms with Crippen LogP contribution < -0.4 is 10.6 Å². The predicted octanol–water partition coefficient (Wildman–Crippen LogP) is 3.82. The molecule has 1 saturated carbocycles. The van der Waals surface area contributed by atoms with E-state index in [2.05, 4.69) is 36.0 Å². The predicted molar refractivity (Wildman–Crippen MR) is 136 cm³/mol. The van der Waals surface area contributed by atoms with Gasteiger partial charge in [-0.15, -0.1) is 15.3 Å². The van der Waals surface area contributed by atoms with E-state index >= 15 is 0 Å². The zero-order valence-corrected chi connectivity index (χ0v) is 20.3. The highest BCUT2D eigenvalue weighted by Gasteiger charge is 2.33. The van der Waals surface area contributed by atoms with Gasteiger partial charge in [-0.1, -0.05) is 47.7 Å². The number of hydrogen-bond acceptors (Lipinski definition) is 8. The number of carbonyl (C=O) groups excluding carboxylic acids is 2. The van der Waals surface area contributed by atoms with Crippen molar-refractivity contribution in [3.63, 3.8) is 0 Å². The van der Waals surface area contributed by atoms with Crippen LogP contribution in [0.4, 0.5) is 10.9 Å². The van der Waals surface area contributed by atoms with Crippen LogP contribution >= 0.6 is 11.3 Å². The quantitative estimate of drug-likeness (QED) is 0.359. The molecular weight excluding hydrogens is 474 g/mol. The van der Waals surface area contributed by atoms with Gasteiger partial charge in [-0.3, -0.25) is 14.6 Å². The van der Waals surface area contributed by atoms with Crippen LogP contribution in [0.15, 0.2) is 66.9 Å². The van der Waals surface area contributed by atoms with Gasteiger partial charge in [0.1, 0.15) is 5.01 Å². The van der Waals surface area contributed by atoms with Crippen molar-refractivity contribution in [2.45, 2.75) is 38.0 Å². The number of rotatable bonds is 9. The Kier molecular flexibility index (Phi) is 7.32. The normalized spacial score (nSPS) is 16.7. The van der Waals surface area contributed by atoms with E-state index in [9.17, 15) is 9.59 Å². The van der Waals surface area contributed by atoms with E-state index in [0.29, 0.717) is 34.9 Å². The first kappa shape index (κ1) is 23.7. The van der Waals surface area contributed by atoms with Crippen molar-refractivity contribution in [2.75, 3.05) is 10.6 Å². The average Bonchev–Trinajstić information content (AvgIpc) is 3.31. The van der Waals surface area contributed by atoms with E-state index in [4.69, 9.17) is 0 Å². The fourth-order valence-electron chi connectivity index (χ4n) is 4.18. The van der Waals surface area contributed by atoms with Gasteiger partial charge in [-0.2, -0.15) is 5.10 Å². The van der Waals surface area contributed by atoms with Crippen molar-refractivity contribution in [3.8, 4) is 0 Å². The number of pyridine rings is 1. The monoisotopic (exact) mass is 499 g/mol. The third-order valence-corrected chi connectivity index (χ3v) is 7.03. The van der Waals surface area contributed by atoms with Crippen LogP contribution in [0.3, 0.4) is 0 Å². The van der Waals surface area contributed by atoms with Gasteiger partial charge in [-0.25, -0.2) is 0 Å². The molecule has 0 radical (unpaired) electrons. The maximum atomic E-state index is 12.2. The summed E-state index contributed by atoms with van der Waals surface area (Å²) in [6.07, 6.45) is 4.99. The fraction of sp³-hybridized carbons (Fsp3) is 0.269. The molecule has 36 heavy (non-hydrogen) atoms. The molecule has 3 aromatic heterocycles. The standard InChI is InChI=1S/C26H25N7O2S/c34-23(15-17-6-2-1-3-7-17)28-22-10-9-21(30-31-22)14-18-12-19(13-18)25-32-33-26(36-25)29-24(35)16-20-8-4-5-11-27-20/h1-11,18-19H,12-16H2,(H,28,31,34)(H,29,33,35)/t18-,19+. The van der Waals surface area contributed by atoms with E-state index in [1.807, 2.05) is 54.6 Å². The second-order valence-corrected chi connectivity index (χ2v) is 9.86. The van der Waals surface area contributed by atoms with Crippen LogP contribution in [0.2, 0.25) is 0 Å². The minimum Gasteiger partial charge on any atom is -0.309 e. The van der Waals surface area contributed by atoms with E-state index in [-0.39, 0.29) is 18.2 Å². The third kappa shape index (κ3) is 6.33. The number of hydrogen-bond donors (Lipinski definition) is 2. The van der Waals surface area contributed by atoms with Gasteiger partial charge in [0.2, 0.25) is 16.9 Å². The highest BCUT2D eigenvalue weighted by atomic mass is 32.1. The minimum atomic E-state index is -0.152. The van der Waals surface area contributed by atoms with Gasteiger partial charge in [-0.05, 0) is 55.0 Å². The zero-order chi connectivity index (χ0) is 24.7. The van der Waals surface area contributed by atoms with Gasteiger partial charge in [0.15, 0.2) is 5.82 Å². The molecule has 3 heterocycles. The van der Waals surface area contributed by atoms with Crippen molar-refractivity contribution in [3.05, 3.63) is 88.8 Å². The van der Waals surface area contributed by atoms with E-state index in [0.717, 1.165) is 35.5 Å². The first-order valence-electron chi connectivity index (χ1n) is 11.8. The van der Waals surface area contributed by atoms with E-state index < -0.39 is 0 Å². The number of anilines is 2. The van der Waals surface area contributed by atoms with Crippen molar-refractivity contribution in [2.24, 2.45) is 5.92 Å². The molecule has 1 aromatic carbocycles. The molecule has 1 fully saturated rings. The van der Waals surface area contributed by atoms with Gasteiger partial charge in [0.25, 0.3) is 0 Å². The zero-order valence-electron chi connectivity index (χ0n) is 19.5. The summed E-state index contributed by atoms with van der Waals surface area (Å²) < 4.78 is 0. The Balaban J connectivity index is 1.05. The maximum Gasteiger partial charge on any atom is 0.232 e. The molecule has 182 valence electrons. The maximum absolute atomic E-state index is 12.2. The summed E-state index contributed by atoms with van der Waals surface area (Å²) in [5.74, 6) is 1.03. The van der Waals surface area contributed by atoms with Gasteiger partial charge in [0, 0.05) is 17.8 Å². The lowest BCUT2D eigenvalue weighted by Gasteiger charge is -2.33. The van der Waals surface area contributed by atoms with Crippen molar-refractivity contribution >= 4 is 34.1 Å². The Morgan fingerprint density at radius 1 is 0.806 bits per heavy atom. The van der Waals surface area contributed by atoms with Crippen LogP contribution in [0, 0.1) is 5.92 Å². The van der Waals surface area contributed by atoms with Gasteiger partial charge in [0.05, 0.1) is 18.5 Å². The first-order valence-corrected chi connectivity index (χ1v) is 12.6. The molecular formula is C26H25N7O2S. The van der Waals surface area contributed by atoms with Crippen molar-refractivity contribution in [1.82, 2.24) is 25.4 Å². The number of amides is 2. The van der Waals surface area contributed by atoms with Crippen molar-refractivity contribution < 1.29 is 9.59 Å². The number of benzene rings is 1. The second-order valence-electron chi connectivity index (χ2n) is 8.85.